The Morgan fingerprint density at radius 1 is 0.500 bits per heavy atom. The molecule has 3 aromatic heterocycles. The SMILES string of the molecule is c1ccc2cc3c(cc2c1)c1ccccc1n3-c1nc(-c2cccc3c2oc2ccccc23)nc2ccccc12. The van der Waals surface area contributed by atoms with Crippen molar-refractivity contribution in [1.29, 1.82) is 0 Å². The fourth-order valence-electron chi connectivity index (χ4n) is 6.16. The number of hydrogen-bond acceptors (Lipinski definition) is 3. The summed E-state index contributed by atoms with van der Waals surface area (Å²) in [6.07, 6.45) is 0. The van der Waals surface area contributed by atoms with E-state index in [4.69, 9.17) is 14.4 Å². The standard InChI is InChI=1S/C36H21N3O/c1-2-11-23-21-32-29(20-22(23)10-1)24-12-4-7-18-31(24)39(32)36-27-14-3-6-17-30(27)37-35(38-36)28-16-9-15-26-25-13-5-8-19-33(25)40-34(26)28/h1-21H. The summed E-state index contributed by atoms with van der Waals surface area (Å²) < 4.78 is 8.68. The zero-order valence-corrected chi connectivity index (χ0v) is 21.4. The van der Waals surface area contributed by atoms with Crippen LogP contribution in [0.3, 0.4) is 0 Å². The zero-order valence-electron chi connectivity index (χ0n) is 21.4. The minimum atomic E-state index is 0.644. The summed E-state index contributed by atoms with van der Waals surface area (Å²) in [4.78, 5) is 10.4. The van der Waals surface area contributed by atoms with Crippen molar-refractivity contribution < 1.29 is 4.42 Å². The first-order chi connectivity index (χ1) is 19.8. The molecule has 40 heavy (non-hydrogen) atoms. The molecular formula is C36H21N3O. The van der Waals surface area contributed by atoms with Gasteiger partial charge >= 0.3 is 0 Å². The summed E-state index contributed by atoms with van der Waals surface area (Å²) in [5, 5.41) is 7.99. The first-order valence-corrected chi connectivity index (χ1v) is 13.4. The van der Waals surface area contributed by atoms with Crippen LogP contribution >= 0.6 is 0 Å². The van der Waals surface area contributed by atoms with Crippen LogP contribution in [0.2, 0.25) is 0 Å². The molecule has 4 nitrogen and oxygen atoms in total. The molecule has 0 fully saturated rings. The van der Waals surface area contributed by atoms with E-state index in [9.17, 15) is 0 Å². The second-order valence-electron chi connectivity index (χ2n) is 10.2. The van der Waals surface area contributed by atoms with Crippen molar-refractivity contribution in [3.05, 3.63) is 127 Å². The average molecular weight is 512 g/mol. The monoisotopic (exact) mass is 511 g/mol. The highest BCUT2D eigenvalue weighted by molar-refractivity contribution is 6.14. The van der Waals surface area contributed by atoms with Gasteiger partial charge in [-0.05, 0) is 53.2 Å². The third kappa shape index (κ3) is 2.96. The molecule has 0 spiro atoms. The Labute approximate surface area is 228 Å². The molecule has 0 aliphatic carbocycles. The third-order valence-corrected chi connectivity index (χ3v) is 7.98. The summed E-state index contributed by atoms with van der Waals surface area (Å²) in [7, 11) is 0. The van der Waals surface area contributed by atoms with Gasteiger partial charge in [0.05, 0.1) is 22.1 Å². The van der Waals surface area contributed by atoms with E-state index in [2.05, 4.69) is 108 Å². The molecule has 0 radical (unpaired) electrons. The number of para-hydroxylation sites is 4. The van der Waals surface area contributed by atoms with E-state index in [1.807, 2.05) is 24.3 Å². The Kier molecular flexibility index (Phi) is 4.30. The minimum Gasteiger partial charge on any atom is -0.455 e. The summed E-state index contributed by atoms with van der Waals surface area (Å²) >= 11 is 0. The molecule has 3 heterocycles. The van der Waals surface area contributed by atoms with Crippen LogP contribution in [0.5, 0.6) is 0 Å². The number of furan rings is 1. The summed E-state index contributed by atoms with van der Waals surface area (Å²) in [6, 6.07) is 44.3. The molecule has 6 aromatic carbocycles. The molecule has 0 bridgehead atoms. The first-order valence-electron chi connectivity index (χ1n) is 13.4. The Hall–Kier alpha value is -5.48. The maximum absolute atomic E-state index is 6.38. The number of aromatic nitrogens is 3. The van der Waals surface area contributed by atoms with Crippen molar-refractivity contribution in [2.24, 2.45) is 0 Å². The zero-order chi connectivity index (χ0) is 26.2. The lowest BCUT2D eigenvalue weighted by molar-refractivity contribution is 0.669. The first kappa shape index (κ1) is 21.5. The van der Waals surface area contributed by atoms with Crippen molar-refractivity contribution in [3.8, 4) is 17.2 Å². The highest BCUT2D eigenvalue weighted by Gasteiger charge is 2.20. The van der Waals surface area contributed by atoms with E-state index in [0.717, 1.165) is 55.3 Å². The average Bonchev–Trinajstić information content (AvgIpc) is 3.55. The molecular weight excluding hydrogens is 490 g/mol. The lowest BCUT2D eigenvalue weighted by Crippen LogP contribution is -2.02. The molecule has 9 aromatic rings. The van der Waals surface area contributed by atoms with Crippen LogP contribution in [-0.2, 0) is 0 Å². The van der Waals surface area contributed by atoms with Crippen molar-refractivity contribution in [2.45, 2.75) is 0 Å². The van der Waals surface area contributed by atoms with Crippen LogP contribution in [0.4, 0.5) is 0 Å². The predicted molar refractivity (Wildman–Crippen MR) is 164 cm³/mol. The number of rotatable bonds is 2. The van der Waals surface area contributed by atoms with Gasteiger partial charge in [0.2, 0.25) is 0 Å². The van der Waals surface area contributed by atoms with Crippen LogP contribution in [0.15, 0.2) is 132 Å². The van der Waals surface area contributed by atoms with Gasteiger partial charge in [-0.15, -0.1) is 0 Å². The van der Waals surface area contributed by atoms with E-state index in [0.29, 0.717) is 5.82 Å². The van der Waals surface area contributed by atoms with Gasteiger partial charge in [0.1, 0.15) is 17.0 Å². The van der Waals surface area contributed by atoms with Crippen LogP contribution in [0.1, 0.15) is 0 Å². The number of fused-ring (bicyclic) bond motifs is 8. The summed E-state index contributed by atoms with van der Waals surface area (Å²) in [5.74, 6) is 1.50. The molecule has 0 aliphatic heterocycles. The van der Waals surface area contributed by atoms with Crippen molar-refractivity contribution in [3.63, 3.8) is 0 Å². The van der Waals surface area contributed by atoms with Crippen LogP contribution in [0.25, 0.3) is 82.6 Å². The molecule has 4 heteroatoms. The summed E-state index contributed by atoms with van der Waals surface area (Å²) in [6.45, 7) is 0. The van der Waals surface area contributed by atoms with E-state index in [1.54, 1.807) is 0 Å². The smallest absolute Gasteiger partial charge is 0.165 e. The van der Waals surface area contributed by atoms with Crippen LogP contribution in [-0.4, -0.2) is 14.5 Å². The summed E-state index contributed by atoms with van der Waals surface area (Å²) in [5.41, 5.74) is 5.67. The number of hydrogen-bond donors (Lipinski definition) is 0. The molecule has 0 saturated carbocycles. The lowest BCUT2D eigenvalue weighted by atomic mass is 10.1. The van der Waals surface area contributed by atoms with Gasteiger partial charge in [-0.1, -0.05) is 84.9 Å². The largest absolute Gasteiger partial charge is 0.455 e. The Morgan fingerprint density at radius 2 is 1.20 bits per heavy atom. The molecule has 0 atom stereocenters. The van der Waals surface area contributed by atoms with Gasteiger partial charge in [-0.3, -0.25) is 4.57 Å². The van der Waals surface area contributed by atoms with E-state index in [1.165, 1.54) is 21.5 Å². The topological polar surface area (TPSA) is 43.9 Å². The van der Waals surface area contributed by atoms with Gasteiger partial charge in [0, 0.05) is 26.9 Å². The Balaban J connectivity index is 1.42. The van der Waals surface area contributed by atoms with E-state index in [-0.39, 0.29) is 0 Å². The minimum absolute atomic E-state index is 0.644. The van der Waals surface area contributed by atoms with Crippen LogP contribution < -0.4 is 0 Å². The molecule has 0 saturated heterocycles. The Morgan fingerprint density at radius 3 is 2.10 bits per heavy atom. The molecule has 0 aliphatic rings. The normalized spacial score (nSPS) is 12.0. The van der Waals surface area contributed by atoms with E-state index >= 15 is 0 Å². The van der Waals surface area contributed by atoms with Gasteiger partial charge in [0.15, 0.2) is 5.82 Å². The molecule has 0 unspecified atom stereocenters. The van der Waals surface area contributed by atoms with E-state index < -0.39 is 0 Å². The fourth-order valence-corrected chi connectivity index (χ4v) is 6.16. The van der Waals surface area contributed by atoms with Crippen molar-refractivity contribution in [2.75, 3.05) is 0 Å². The van der Waals surface area contributed by atoms with Gasteiger partial charge < -0.3 is 4.42 Å². The highest BCUT2D eigenvalue weighted by atomic mass is 16.3. The Bertz CT molecular complexity index is 2450. The van der Waals surface area contributed by atoms with Gasteiger partial charge in [0.25, 0.3) is 0 Å². The fraction of sp³-hybridized carbons (Fsp3) is 0. The lowest BCUT2D eigenvalue weighted by Gasteiger charge is -2.13. The maximum atomic E-state index is 6.38. The van der Waals surface area contributed by atoms with Gasteiger partial charge in [-0.2, -0.15) is 0 Å². The second kappa shape index (κ2) is 8.01. The molecule has 0 amide bonds. The van der Waals surface area contributed by atoms with Crippen molar-refractivity contribution in [1.82, 2.24) is 14.5 Å². The number of benzene rings is 6. The highest BCUT2D eigenvalue weighted by Crippen LogP contribution is 2.38. The van der Waals surface area contributed by atoms with Crippen molar-refractivity contribution >= 4 is 65.4 Å². The quantitative estimate of drug-likeness (QED) is 0.232. The third-order valence-electron chi connectivity index (χ3n) is 7.98. The molecule has 0 N–H and O–H groups in total. The predicted octanol–water partition coefficient (Wildman–Crippen LogP) is 9.45. The number of nitrogens with zero attached hydrogens (tertiary/aromatic N) is 3. The molecule has 186 valence electrons. The van der Waals surface area contributed by atoms with Crippen LogP contribution in [0, 0.1) is 0 Å². The molecule has 9 rings (SSSR count). The second-order valence-corrected chi connectivity index (χ2v) is 10.2. The van der Waals surface area contributed by atoms with Gasteiger partial charge in [-0.25, -0.2) is 9.97 Å². The maximum Gasteiger partial charge on any atom is 0.165 e.